The van der Waals surface area contributed by atoms with Crippen molar-refractivity contribution < 1.29 is 0 Å². The number of aryl methyl sites for hydroxylation is 1. The van der Waals surface area contributed by atoms with Crippen molar-refractivity contribution in [3.8, 4) is 16.8 Å². The minimum Gasteiger partial charge on any atom is -0.317 e. The van der Waals surface area contributed by atoms with Gasteiger partial charge in [0.1, 0.15) is 0 Å². The second-order valence-corrected chi connectivity index (χ2v) is 6.31. The van der Waals surface area contributed by atoms with Crippen molar-refractivity contribution in [2.75, 3.05) is 0 Å². The first-order valence-electron chi connectivity index (χ1n) is 8.10. The van der Waals surface area contributed by atoms with Crippen LogP contribution in [0.1, 0.15) is 17.0 Å². The maximum absolute atomic E-state index is 2.42. The Bertz CT molecular complexity index is 1050. The Labute approximate surface area is 135 Å². The van der Waals surface area contributed by atoms with Gasteiger partial charge in [0.2, 0.25) is 0 Å². The van der Waals surface area contributed by atoms with Gasteiger partial charge in [0.15, 0.2) is 0 Å². The Morgan fingerprint density at radius 3 is 2.52 bits per heavy atom. The Morgan fingerprint density at radius 1 is 0.783 bits per heavy atom. The molecule has 0 spiro atoms. The van der Waals surface area contributed by atoms with Crippen molar-refractivity contribution in [1.29, 1.82) is 0 Å². The van der Waals surface area contributed by atoms with Crippen molar-refractivity contribution in [2.45, 2.75) is 13.3 Å². The van der Waals surface area contributed by atoms with Crippen LogP contribution in [0.5, 0.6) is 0 Å². The molecule has 0 saturated carbocycles. The van der Waals surface area contributed by atoms with Gasteiger partial charge in [-0.25, -0.2) is 0 Å². The van der Waals surface area contributed by atoms with Crippen molar-refractivity contribution >= 4 is 10.8 Å². The van der Waals surface area contributed by atoms with Crippen LogP contribution in [0, 0.1) is 6.92 Å². The lowest BCUT2D eigenvalue weighted by Crippen LogP contribution is -1.94. The van der Waals surface area contributed by atoms with E-state index in [1.54, 1.807) is 0 Å². The number of rotatable bonds is 1. The fourth-order valence-electron chi connectivity index (χ4n) is 3.95. The molecule has 0 fully saturated rings. The van der Waals surface area contributed by atoms with Gasteiger partial charge in [0.25, 0.3) is 0 Å². The smallest absolute Gasteiger partial charge is 0.0491 e. The number of hydrogen-bond acceptors (Lipinski definition) is 0. The largest absolute Gasteiger partial charge is 0.317 e. The number of nitrogens with zero attached hydrogens (tertiary/aromatic N) is 1. The normalized spacial score (nSPS) is 12.4. The van der Waals surface area contributed by atoms with Crippen LogP contribution in [-0.2, 0) is 6.42 Å². The summed E-state index contributed by atoms with van der Waals surface area (Å²) in [6.45, 7) is 2.21. The summed E-state index contributed by atoms with van der Waals surface area (Å²) in [5, 5.41) is 2.64. The van der Waals surface area contributed by atoms with E-state index in [4.69, 9.17) is 0 Å². The highest BCUT2D eigenvalue weighted by Crippen LogP contribution is 2.39. The van der Waals surface area contributed by atoms with Gasteiger partial charge in [0, 0.05) is 29.1 Å². The summed E-state index contributed by atoms with van der Waals surface area (Å²) < 4.78 is 2.42. The van der Waals surface area contributed by atoms with E-state index < -0.39 is 0 Å². The molecule has 5 rings (SSSR count). The third-order valence-corrected chi connectivity index (χ3v) is 4.96. The molecule has 1 aliphatic heterocycles. The molecule has 23 heavy (non-hydrogen) atoms. The second kappa shape index (κ2) is 4.60. The Hall–Kier alpha value is -2.80. The standard InChI is InChI=1S/C22H17N/c1-15-13-20(19-11-6-9-16-7-2-4-10-18(16)19)22-14-17-8-3-5-12-21(17)23(15)22/h2-13H,14H2,1H3. The number of aromatic nitrogens is 1. The van der Waals surface area contributed by atoms with Gasteiger partial charge in [-0.15, -0.1) is 0 Å². The van der Waals surface area contributed by atoms with Gasteiger partial charge in [-0.1, -0.05) is 60.7 Å². The fourth-order valence-corrected chi connectivity index (χ4v) is 3.95. The van der Waals surface area contributed by atoms with Crippen molar-refractivity contribution in [2.24, 2.45) is 0 Å². The third kappa shape index (κ3) is 1.74. The minimum atomic E-state index is 1.02. The molecular formula is C22H17N. The molecule has 4 aromatic rings. The maximum atomic E-state index is 2.42. The van der Waals surface area contributed by atoms with Crippen molar-refractivity contribution in [1.82, 2.24) is 4.57 Å². The quantitative estimate of drug-likeness (QED) is 0.384. The summed E-state index contributed by atoms with van der Waals surface area (Å²) in [7, 11) is 0. The zero-order chi connectivity index (χ0) is 15.4. The highest BCUT2D eigenvalue weighted by Gasteiger charge is 2.24. The van der Waals surface area contributed by atoms with E-state index in [1.165, 1.54) is 44.5 Å². The summed E-state index contributed by atoms with van der Waals surface area (Å²) in [5.74, 6) is 0. The lowest BCUT2D eigenvalue weighted by molar-refractivity contribution is 0.997. The van der Waals surface area contributed by atoms with Gasteiger partial charge >= 0.3 is 0 Å². The molecule has 0 amide bonds. The molecule has 0 atom stereocenters. The van der Waals surface area contributed by atoms with E-state index in [0.29, 0.717) is 0 Å². The lowest BCUT2D eigenvalue weighted by atomic mass is 9.97. The molecule has 0 saturated heterocycles. The van der Waals surface area contributed by atoms with Crippen LogP contribution in [0.3, 0.4) is 0 Å². The molecule has 0 aliphatic carbocycles. The van der Waals surface area contributed by atoms with Crippen molar-refractivity contribution in [3.63, 3.8) is 0 Å². The predicted octanol–water partition coefficient (Wildman–Crippen LogP) is 5.51. The molecule has 0 unspecified atom stereocenters. The molecule has 1 nitrogen and oxygen atoms in total. The van der Waals surface area contributed by atoms with Gasteiger partial charge in [0.05, 0.1) is 0 Å². The molecule has 1 heteroatoms. The van der Waals surface area contributed by atoms with E-state index in [-0.39, 0.29) is 0 Å². The van der Waals surface area contributed by atoms with Crippen LogP contribution in [0.25, 0.3) is 27.6 Å². The number of fused-ring (bicyclic) bond motifs is 4. The van der Waals surface area contributed by atoms with Crippen LogP contribution in [0.15, 0.2) is 72.8 Å². The summed E-state index contributed by atoms with van der Waals surface area (Å²) in [5.41, 5.74) is 8.20. The van der Waals surface area contributed by atoms with Crippen LogP contribution >= 0.6 is 0 Å². The zero-order valence-corrected chi connectivity index (χ0v) is 13.1. The van der Waals surface area contributed by atoms with Crippen LogP contribution in [-0.4, -0.2) is 4.57 Å². The van der Waals surface area contributed by atoms with Crippen LogP contribution in [0.4, 0.5) is 0 Å². The maximum Gasteiger partial charge on any atom is 0.0491 e. The lowest BCUT2D eigenvalue weighted by Gasteiger charge is -2.07. The first kappa shape index (κ1) is 12.7. The molecule has 1 aliphatic rings. The summed E-state index contributed by atoms with van der Waals surface area (Å²) >= 11 is 0. The van der Waals surface area contributed by atoms with E-state index in [2.05, 4.69) is 84.3 Å². The summed E-state index contributed by atoms with van der Waals surface area (Å²) in [6.07, 6.45) is 1.02. The Morgan fingerprint density at radius 2 is 1.57 bits per heavy atom. The summed E-state index contributed by atoms with van der Waals surface area (Å²) in [6, 6.07) is 26.3. The van der Waals surface area contributed by atoms with Gasteiger partial charge in [-0.3, -0.25) is 0 Å². The van der Waals surface area contributed by atoms with Gasteiger partial charge in [-0.2, -0.15) is 0 Å². The molecule has 0 N–H and O–H groups in total. The Balaban J connectivity index is 1.81. The molecule has 1 aromatic heterocycles. The average Bonchev–Trinajstić information content (AvgIpc) is 3.12. The summed E-state index contributed by atoms with van der Waals surface area (Å²) in [4.78, 5) is 0. The van der Waals surface area contributed by atoms with Crippen LogP contribution in [0.2, 0.25) is 0 Å². The molecule has 0 bridgehead atoms. The van der Waals surface area contributed by atoms with E-state index >= 15 is 0 Å². The Kier molecular flexibility index (Phi) is 2.54. The van der Waals surface area contributed by atoms with E-state index in [9.17, 15) is 0 Å². The first-order chi connectivity index (χ1) is 11.3. The number of para-hydroxylation sites is 1. The second-order valence-electron chi connectivity index (χ2n) is 6.31. The topological polar surface area (TPSA) is 4.93 Å². The van der Waals surface area contributed by atoms with Gasteiger partial charge < -0.3 is 4.57 Å². The minimum absolute atomic E-state index is 1.02. The fraction of sp³-hybridized carbons (Fsp3) is 0.0909. The SMILES string of the molecule is Cc1cc(-c2cccc3ccccc23)c2n1-c1ccccc1C2. The highest BCUT2D eigenvalue weighted by atomic mass is 15.0. The monoisotopic (exact) mass is 295 g/mol. The van der Waals surface area contributed by atoms with Crippen LogP contribution < -0.4 is 0 Å². The first-order valence-corrected chi connectivity index (χ1v) is 8.10. The highest BCUT2D eigenvalue weighted by molar-refractivity contribution is 5.97. The molecule has 3 aromatic carbocycles. The van der Waals surface area contributed by atoms with E-state index in [0.717, 1.165) is 6.42 Å². The van der Waals surface area contributed by atoms with Gasteiger partial charge in [-0.05, 0) is 41.0 Å². The zero-order valence-electron chi connectivity index (χ0n) is 13.1. The predicted molar refractivity (Wildman–Crippen MR) is 96.3 cm³/mol. The number of benzene rings is 3. The number of hydrogen-bond donors (Lipinski definition) is 0. The molecule has 110 valence electrons. The van der Waals surface area contributed by atoms with E-state index in [1.807, 2.05) is 0 Å². The molecule has 0 radical (unpaired) electrons. The third-order valence-electron chi connectivity index (χ3n) is 4.96. The molecular weight excluding hydrogens is 278 g/mol. The van der Waals surface area contributed by atoms with Crippen molar-refractivity contribution in [3.05, 3.63) is 89.7 Å². The average molecular weight is 295 g/mol. The molecule has 2 heterocycles.